The smallest absolute Gasteiger partial charge is 0.225 e. The topological polar surface area (TPSA) is 41.1 Å². The number of carbonyl (C=O) groups is 1. The Labute approximate surface area is 111 Å². The van der Waals surface area contributed by atoms with Gasteiger partial charge in [-0.1, -0.05) is 26.0 Å². The fraction of sp³-hybridized carbons (Fsp3) is 0.462. The molecule has 0 unspecified atom stereocenters. The van der Waals surface area contributed by atoms with Crippen LogP contribution in [0.15, 0.2) is 22.7 Å². The Kier molecular flexibility index (Phi) is 5.65. The van der Waals surface area contributed by atoms with Crippen LogP contribution in [0.4, 0.5) is 5.69 Å². The zero-order chi connectivity index (χ0) is 12.8. The summed E-state index contributed by atoms with van der Waals surface area (Å²) in [5, 5.41) is 6.11. The second-order valence-electron chi connectivity index (χ2n) is 4.34. The molecule has 1 aromatic rings. The van der Waals surface area contributed by atoms with E-state index in [0.29, 0.717) is 19.0 Å². The van der Waals surface area contributed by atoms with E-state index in [1.165, 1.54) is 0 Å². The first-order valence-electron chi connectivity index (χ1n) is 5.79. The average molecular weight is 299 g/mol. The lowest BCUT2D eigenvalue weighted by atomic mass is 10.2. The maximum absolute atomic E-state index is 11.7. The third kappa shape index (κ3) is 4.88. The molecule has 17 heavy (non-hydrogen) atoms. The fourth-order valence-corrected chi connectivity index (χ4v) is 1.79. The minimum atomic E-state index is 0.0319. The van der Waals surface area contributed by atoms with Crippen molar-refractivity contribution in [1.29, 1.82) is 0 Å². The second kappa shape index (κ2) is 6.77. The molecule has 0 radical (unpaired) electrons. The van der Waals surface area contributed by atoms with Crippen LogP contribution in [0, 0.1) is 6.92 Å². The molecule has 1 aromatic carbocycles. The lowest BCUT2D eigenvalue weighted by Gasteiger charge is -2.10. The predicted octanol–water partition coefficient (Wildman–Crippen LogP) is 3.08. The van der Waals surface area contributed by atoms with Crippen LogP contribution in [0.2, 0.25) is 0 Å². The van der Waals surface area contributed by atoms with Gasteiger partial charge in [-0.2, -0.15) is 0 Å². The monoisotopic (exact) mass is 298 g/mol. The van der Waals surface area contributed by atoms with E-state index in [9.17, 15) is 4.79 Å². The molecule has 1 amide bonds. The van der Waals surface area contributed by atoms with E-state index in [-0.39, 0.29) is 5.91 Å². The Morgan fingerprint density at radius 2 is 2.12 bits per heavy atom. The SMILES string of the molecule is Cc1cccc(NC(=O)CCNC(C)C)c1Br. The Morgan fingerprint density at radius 3 is 2.76 bits per heavy atom. The number of carbonyl (C=O) groups excluding carboxylic acids is 1. The Balaban J connectivity index is 2.48. The van der Waals surface area contributed by atoms with Gasteiger partial charge in [-0.25, -0.2) is 0 Å². The molecule has 0 saturated carbocycles. The summed E-state index contributed by atoms with van der Waals surface area (Å²) in [6.45, 7) is 6.83. The Morgan fingerprint density at radius 1 is 1.41 bits per heavy atom. The van der Waals surface area contributed by atoms with Crippen molar-refractivity contribution in [3.05, 3.63) is 28.2 Å². The Hall–Kier alpha value is -0.870. The molecule has 0 bridgehead atoms. The van der Waals surface area contributed by atoms with Crippen LogP contribution >= 0.6 is 15.9 Å². The summed E-state index contributed by atoms with van der Waals surface area (Å²) in [6, 6.07) is 6.24. The third-order valence-electron chi connectivity index (χ3n) is 2.37. The van der Waals surface area contributed by atoms with Crippen LogP contribution < -0.4 is 10.6 Å². The van der Waals surface area contributed by atoms with Gasteiger partial charge in [-0.05, 0) is 34.5 Å². The van der Waals surface area contributed by atoms with Gasteiger partial charge in [-0.3, -0.25) is 4.79 Å². The minimum Gasteiger partial charge on any atom is -0.325 e. The fourth-order valence-electron chi connectivity index (χ4n) is 1.43. The standard InChI is InChI=1S/C13H19BrN2O/c1-9(2)15-8-7-12(17)16-11-6-4-5-10(3)13(11)14/h4-6,9,15H,7-8H2,1-3H3,(H,16,17). The maximum atomic E-state index is 11.7. The van der Waals surface area contributed by atoms with Gasteiger partial charge in [0.05, 0.1) is 5.69 Å². The van der Waals surface area contributed by atoms with Gasteiger partial charge in [0.1, 0.15) is 0 Å². The first kappa shape index (κ1) is 14.2. The van der Waals surface area contributed by atoms with E-state index < -0.39 is 0 Å². The molecule has 0 aromatic heterocycles. The summed E-state index contributed by atoms with van der Waals surface area (Å²) in [7, 11) is 0. The summed E-state index contributed by atoms with van der Waals surface area (Å²) in [4.78, 5) is 11.7. The molecule has 1 rings (SSSR count). The van der Waals surface area contributed by atoms with Crippen molar-refractivity contribution in [2.24, 2.45) is 0 Å². The van der Waals surface area contributed by atoms with Crippen molar-refractivity contribution in [2.45, 2.75) is 33.2 Å². The van der Waals surface area contributed by atoms with E-state index in [2.05, 4.69) is 40.4 Å². The molecule has 3 nitrogen and oxygen atoms in total. The molecule has 0 saturated heterocycles. The molecule has 0 fully saturated rings. The second-order valence-corrected chi connectivity index (χ2v) is 5.14. The lowest BCUT2D eigenvalue weighted by Crippen LogP contribution is -2.27. The highest BCUT2D eigenvalue weighted by atomic mass is 79.9. The molecule has 2 N–H and O–H groups in total. The number of rotatable bonds is 5. The van der Waals surface area contributed by atoms with Gasteiger partial charge in [0.2, 0.25) is 5.91 Å². The van der Waals surface area contributed by atoms with Crippen molar-refractivity contribution in [1.82, 2.24) is 5.32 Å². The van der Waals surface area contributed by atoms with Gasteiger partial charge in [0, 0.05) is 23.5 Å². The summed E-state index contributed by atoms with van der Waals surface area (Å²) in [5.74, 6) is 0.0319. The zero-order valence-corrected chi connectivity index (χ0v) is 12.1. The number of nitrogens with one attached hydrogen (secondary N) is 2. The van der Waals surface area contributed by atoms with Crippen LogP contribution in [0.5, 0.6) is 0 Å². The normalized spacial score (nSPS) is 10.6. The van der Waals surface area contributed by atoms with Crippen LogP contribution in [0.3, 0.4) is 0 Å². The van der Waals surface area contributed by atoms with Crippen LogP contribution in [0.1, 0.15) is 25.8 Å². The zero-order valence-electron chi connectivity index (χ0n) is 10.5. The molecule has 0 spiro atoms. The summed E-state index contributed by atoms with van der Waals surface area (Å²) >= 11 is 3.47. The number of amides is 1. The largest absolute Gasteiger partial charge is 0.325 e. The van der Waals surface area contributed by atoms with E-state index >= 15 is 0 Å². The van der Waals surface area contributed by atoms with Gasteiger partial charge in [0.15, 0.2) is 0 Å². The van der Waals surface area contributed by atoms with Crippen molar-refractivity contribution in [2.75, 3.05) is 11.9 Å². The van der Waals surface area contributed by atoms with Gasteiger partial charge in [-0.15, -0.1) is 0 Å². The van der Waals surface area contributed by atoms with Crippen molar-refractivity contribution in [3.63, 3.8) is 0 Å². The first-order chi connectivity index (χ1) is 8.00. The van der Waals surface area contributed by atoms with Crippen LogP contribution in [-0.2, 0) is 4.79 Å². The number of aryl methyl sites for hydroxylation is 1. The summed E-state index contributed by atoms with van der Waals surface area (Å²) < 4.78 is 0.949. The molecule has 0 aliphatic heterocycles. The molecular formula is C13H19BrN2O. The van der Waals surface area contributed by atoms with E-state index in [0.717, 1.165) is 15.7 Å². The number of anilines is 1. The molecule has 0 aliphatic rings. The highest BCUT2D eigenvalue weighted by Gasteiger charge is 2.06. The van der Waals surface area contributed by atoms with Crippen molar-refractivity contribution < 1.29 is 4.79 Å². The molecular weight excluding hydrogens is 280 g/mol. The van der Waals surface area contributed by atoms with Crippen LogP contribution in [0.25, 0.3) is 0 Å². The number of benzene rings is 1. The number of halogens is 1. The molecule has 0 aliphatic carbocycles. The average Bonchev–Trinajstić information content (AvgIpc) is 2.24. The van der Waals surface area contributed by atoms with Crippen LogP contribution in [-0.4, -0.2) is 18.5 Å². The quantitative estimate of drug-likeness (QED) is 0.877. The van der Waals surface area contributed by atoms with Crippen molar-refractivity contribution in [3.8, 4) is 0 Å². The van der Waals surface area contributed by atoms with Crippen molar-refractivity contribution >= 4 is 27.5 Å². The predicted molar refractivity (Wildman–Crippen MR) is 75.3 cm³/mol. The molecule has 94 valence electrons. The summed E-state index contributed by atoms with van der Waals surface area (Å²) in [5.41, 5.74) is 1.95. The van der Waals surface area contributed by atoms with E-state index in [4.69, 9.17) is 0 Å². The molecule has 0 heterocycles. The van der Waals surface area contributed by atoms with E-state index in [1.807, 2.05) is 25.1 Å². The minimum absolute atomic E-state index is 0.0319. The van der Waals surface area contributed by atoms with E-state index in [1.54, 1.807) is 0 Å². The lowest BCUT2D eigenvalue weighted by molar-refractivity contribution is -0.116. The maximum Gasteiger partial charge on any atom is 0.225 e. The number of hydrogen-bond donors (Lipinski definition) is 2. The number of hydrogen-bond acceptors (Lipinski definition) is 2. The molecule has 4 heteroatoms. The molecule has 0 atom stereocenters. The van der Waals surface area contributed by atoms with Gasteiger partial charge in [0.25, 0.3) is 0 Å². The van der Waals surface area contributed by atoms with Gasteiger partial charge < -0.3 is 10.6 Å². The van der Waals surface area contributed by atoms with Gasteiger partial charge >= 0.3 is 0 Å². The third-order valence-corrected chi connectivity index (χ3v) is 3.42. The Bertz CT molecular complexity index is 391. The highest BCUT2D eigenvalue weighted by Crippen LogP contribution is 2.25. The summed E-state index contributed by atoms with van der Waals surface area (Å²) in [6.07, 6.45) is 0.485. The highest BCUT2D eigenvalue weighted by molar-refractivity contribution is 9.10. The first-order valence-corrected chi connectivity index (χ1v) is 6.58.